The Balaban J connectivity index is 2.59. The summed E-state index contributed by atoms with van der Waals surface area (Å²) >= 11 is 0. The summed E-state index contributed by atoms with van der Waals surface area (Å²) < 4.78 is 10.7. The number of hydrogen-bond donors (Lipinski definition) is 0. The summed E-state index contributed by atoms with van der Waals surface area (Å²) in [5.74, 6) is 0.683. The molecule has 1 aromatic rings. The molecule has 0 aliphatic carbocycles. The van der Waals surface area contributed by atoms with Gasteiger partial charge in [-0.2, -0.15) is 0 Å². The van der Waals surface area contributed by atoms with Gasteiger partial charge in [-0.05, 0) is 44.3 Å². The predicted octanol–water partition coefficient (Wildman–Crippen LogP) is 3.01. The summed E-state index contributed by atoms with van der Waals surface area (Å²) in [6.07, 6.45) is 0.321. The predicted molar refractivity (Wildman–Crippen MR) is 70.8 cm³/mol. The molecular formula is C13H20O3Si. The maximum Gasteiger partial charge on any atom is 0.310 e. The minimum absolute atomic E-state index is 0.189. The number of ether oxygens (including phenoxy) is 1. The van der Waals surface area contributed by atoms with E-state index in [9.17, 15) is 4.79 Å². The molecule has 0 N–H and O–H groups in total. The van der Waals surface area contributed by atoms with E-state index in [-0.39, 0.29) is 5.97 Å². The molecule has 0 aliphatic heterocycles. The molecule has 0 heterocycles. The van der Waals surface area contributed by atoms with Gasteiger partial charge in [-0.25, -0.2) is 0 Å². The average molecular weight is 252 g/mol. The Hall–Kier alpha value is -1.29. The van der Waals surface area contributed by atoms with Gasteiger partial charge >= 0.3 is 5.97 Å². The van der Waals surface area contributed by atoms with Crippen LogP contribution in [0.2, 0.25) is 19.6 Å². The van der Waals surface area contributed by atoms with E-state index in [0.29, 0.717) is 13.0 Å². The summed E-state index contributed by atoms with van der Waals surface area (Å²) in [7, 11) is -1.55. The van der Waals surface area contributed by atoms with Crippen molar-refractivity contribution in [1.82, 2.24) is 0 Å². The van der Waals surface area contributed by atoms with Gasteiger partial charge in [-0.3, -0.25) is 4.79 Å². The molecular weight excluding hydrogens is 232 g/mol. The number of benzene rings is 1. The van der Waals surface area contributed by atoms with E-state index in [2.05, 4.69) is 19.6 Å². The second-order valence-corrected chi connectivity index (χ2v) is 9.27. The average Bonchev–Trinajstić information content (AvgIpc) is 2.19. The maximum absolute atomic E-state index is 11.3. The maximum atomic E-state index is 11.3. The van der Waals surface area contributed by atoms with Gasteiger partial charge in [0, 0.05) is 0 Å². The van der Waals surface area contributed by atoms with Crippen molar-refractivity contribution in [1.29, 1.82) is 0 Å². The minimum atomic E-state index is -1.55. The van der Waals surface area contributed by atoms with E-state index >= 15 is 0 Å². The Kier molecular flexibility index (Phi) is 4.75. The molecule has 1 rings (SSSR count). The highest BCUT2D eigenvalue weighted by Crippen LogP contribution is 2.17. The molecule has 0 spiro atoms. The molecule has 1 aromatic carbocycles. The van der Waals surface area contributed by atoms with Gasteiger partial charge in [0.1, 0.15) is 5.75 Å². The molecule has 94 valence electrons. The first-order valence-electron chi connectivity index (χ1n) is 5.84. The largest absolute Gasteiger partial charge is 0.544 e. The highest BCUT2D eigenvalue weighted by atomic mass is 28.4. The SMILES string of the molecule is CCOC(=O)Cc1ccc(O[Si](C)(C)C)cc1. The molecule has 0 amide bonds. The van der Waals surface area contributed by atoms with Crippen molar-refractivity contribution in [2.75, 3.05) is 6.61 Å². The molecule has 0 atom stereocenters. The van der Waals surface area contributed by atoms with Crippen LogP contribution in [0.4, 0.5) is 0 Å². The van der Waals surface area contributed by atoms with Crippen LogP contribution in [-0.4, -0.2) is 20.9 Å². The first-order valence-corrected chi connectivity index (χ1v) is 9.25. The summed E-state index contributed by atoms with van der Waals surface area (Å²) in [5, 5.41) is 0. The van der Waals surface area contributed by atoms with E-state index in [1.54, 1.807) is 0 Å². The summed E-state index contributed by atoms with van der Waals surface area (Å²) in [6.45, 7) is 8.65. The van der Waals surface area contributed by atoms with Gasteiger partial charge < -0.3 is 9.16 Å². The molecule has 0 radical (unpaired) electrons. The molecule has 0 aromatic heterocycles. The van der Waals surface area contributed by atoms with Crippen LogP contribution in [0.1, 0.15) is 12.5 Å². The van der Waals surface area contributed by atoms with E-state index in [1.165, 1.54) is 0 Å². The zero-order valence-electron chi connectivity index (χ0n) is 10.9. The molecule has 3 nitrogen and oxygen atoms in total. The fourth-order valence-electron chi connectivity index (χ4n) is 1.41. The Morgan fingerprint density at radius 3 is 2.24 bits per heavy atom. The summed E-state index contributed by atoms with van der Waals surface area (Å²) in [6, 6.07) is 7.64. The molecule has 17 heavy (non-hydrogen) atoms. The number of carbonyl (C=O) groups is 1. The second kappa shape index (κ2) is 5.86. The van der Waals surface area contributed by atoms with Crippen molar-refractivity contribution in [2.45, 2.75) is 33.0 Å². The normalized spacial score (nSPS) is 11.1. The van der Waals surface area contributed by atoms with Crippen molar-refractivity contribution < 1.29 is 14.0 Å². The van der Waals surface area contributed by atoms with Gasteiger partial charge in [-0.15, -0.1) is 0 Å². The van der Waals surface area contributed by atoms with Gasteiger partial charge in [0.2, 0.25) is 8.32 Å². The van der Waals surface area contributed by atoms with Crippen LogP contribution in [0.5, 0.6) is 5.75 Å². The topological polar surface area (TPSA) is 35.5 Å². The summed E-state index contributed by atoms with van der Waals surface area (Å²) in [4.78, 5) is 11.3. The van der Waals surface area contributed by atoms with Crippen LogP contribution in [0.15, 0.2) is 24.3 Å². The number of carbonyl (C=O) groups excluding carboxylic acids is 1. The lowest BCUT2D eigenvalue weighted by molar-refractivity contribution is -0.142. The van der Waals surface area contributed by atoms with Crippen molar-refractivity contribution in [3.05, 3.63) is 29.8 Å². The molecule has 0 bridgehead atoms. The zero-order chi connectivity index (χ0) is 12.9. The highest BCUT2D eigenvalue weighted by Gasteiger charge is 2.16. The first-order chi connectivity index (χ1) is 7.90. The number of hydrogen-bond acceptors (Lipinski definition) is 3. The smallest absolute Gasteiger partial charge is 0.310 e. The summed E-state index contributed by atoms with van der Waals surface area (Å²) in [5.41, 5.74) is 0.950. The second-order valence-electron chi connectivity index (χ2n) is 4.84. The highest BCUT2D eigenvalue weighted by molar-refractivity contribution is 6.70. The lowest BCUT2D eigenvalue weighted by Gasteiger charge is -2.19. The fraction of sp³-hybridized carbons (Fsp3) is 0.462. The van der Waals surface area contributed by atoms with Gasteiger partial charge in [0.05, 0.1) is 13.0 Å². The Bertz CT molecular complexity index is 365. The van der Waals surface area contributed by atoms with E-state index in [1.807, 2.05) is 31.2 Å². The number of rotatable bonds is 5. The van der Waals surface area contributed by atoms with Crippen LogP contribution in [0.3, 0.4) is 0 Å². The molecule has 0 aliphatic rings. The fourth-order valence-corrected chi connectivity index (χ4v) is 2.25. The van der Waals surface area contributed by atoms with Crippen LogP contribution in [0.25, 0.3) is 0 Å². The van der Waals surface area contributed by atoms with E-state index in [0.717, 1.165) is 11.3 Å². The zero-order valence-corrected chi connectivity index (χ0v) is 11.9. The number of esters is 1. The third-order valence-corrected chi connectivity index (χ3v) is 2.85. The van der Waals surface area contributed by atoms with Crippen molar-refractivity contribution in [3.63, 3.8) is 0 Å². The van der Waals surface area contributed by atoms with Crippen molar-refractivity contribution >= 4 is 14.3 Å². The lowest BCUT2D eigenvalue weighted by Crippen LogP contribution is -2.29. The monoisotopic (exact) mass is 252 g/mol. The Morgan fingerprint density at radius 1 is 1.18 bits per heavy atom. The molecule has 0 fully saturated rings. The molecule has 4 heteroatoms. The minimum Gasteiger partial charge on any atom is -0.544 e. The van der Waals surface area contributed by atoms with Crippen LogP contribution < -0.4 is 4.43 Å². The van der Waals surface area contributed by atoms with Crippen molar-refractivity contribution in [2.24, 2.45) is 0 Å². The van der Waals surface area contributed by atoms with Crippen molar-refractivity contribution in [3.8, 4) is 5.75 Å². The molecule has 0 saturated carbocycles. The van der Waals surface area contributed by atoms with Crippen LogP contribution in [-0.2, 0) is 16.0 Å². The molecule has 0 saturated heterocycles. The van der Waals surface area contributed by atoms with Gasteiger partial charge in [0.15, 0.2) is 0 Å². The lowest BCUT2D eigenvalue weighted by atomic mass is 10.1. The molecule has 0 unspecified atom stereocenters. The third-order valence-electron chi connectivity index (χ3n) is 2.00. The van der Waals surface area contributed by atoms with E-state index in [4.69, 9.17) is 9.16 Å². The quantitative estimate of drug-likeness (QED) is 0.597. The van der Waals surface area contributed by atoms with Crippen LogP contribution in [0, 0.1) is 0 Å². The van der Waals surface area contributed by atoms with Gasteiger partial charge in [0.25, 0.3) is 0 Å². The third kappa shape index (κ3) is 5.54. The van der Waals surface area contributed by atoms with Crippen LogP contribution >= 0.6 is 0 Å². The van der Waals surface area contributed by atoms with Gasteiger partial charge in [-0.1, -0.05) is 12.1 Å². The first kappa shape index (κ1) is 13.8. The Morgan fingerprint density at radius 2 is 1.76 bits per heavy atom. The Labute approximate surface area is 104 Å². The van der Waals surface area contributed by atoms with E-state index < -0.39 is 8.32 Å². The standard InChI is InChI=1S/C13H20O3Si/c1-5-15-13(14)10-11-6-8-12(9-7-11)16-17(2,3)4/h6-9H,5,10H2,1-4H3.